The Morgan fingerprint density at radius 1 is 1.31 bits per heavy atom. The van der Waals surface area contributed by atoms with Crippen molar-refractivity contribution in [1.82, 2.24) is 4.90 Å². The highest BCUT2D eigenvalue weighted by molar-refractivity contribution is 7.79. The van der Waals surface area contributed by atoms with Gasteiger partial charge in [-0.2, -0.15) is 0 Å². The molecule has 0 aromatic rings. The summed E-state index contributed by atoms with van der Waals surface area (Å²) in [5.41, 5.74) is 5.44. The minimum Gasteiger partial charge on any atom is -0.771 e. The molecule has 0 aliphatic rings. The summed E-state index contributed by atoms with van der Waals surface area (Å²) in [5.74, 6) is 0. The fraction of sp³-hybridized carbons (Fsp3) is 1.00. The normalized spacial score (nSPS) is 17.0. The van der Waals surface area contributed by atoms with Crippen LogP contribution in [0.2, 0.25) is 0 Å². The van der Waals surface area contributed by atoms with Crippen molar-refractivity contribution in [2.45, 2.75) is 45.2 Å². The fourth-order valence-corrected chi connectivity index (χ4v) is 1.58. The van der Waals surface area contributed by atoms with Gasteiger partial charge in [-0.15, -0.1) is 0 Å². The van der Waals surface area contributed by atoms with E-state index in [1.54, 1.807) is 0 Å². The molecule has 0 heterocycles. The lowest BCUT2D eigenvalue weighted by molar-refractivity contribution is 0.174. The first-order valence-corrected chi connectivity index (χ1v) is 5.59. The lowest BCUT2D eigenvalue weighted by atomic mass is 10.2. The van der Waals surface area contributed by atoms with E-state index < -0.39 is 16.5 Å². The predicted octanol–water partition coefficient (Wildman–Crippen LogP) is 0.269. The number of hydrogen-bond donors (Lipinski definition) is 1. The Balaban J connectivity index is 4.18. The van der Waals surface area contributed by atoms with Crippen molar-refractivity contribution in [3.05, 3.63) is 0 Å². The lowest BCUT2D eigenvalue weighted by Gasteiger charge is -2.33. The molecule has 0 radical (unpaired) electrons. The van der Waals surface area contributed by atoms with Gasteiger partial charge in [-0.3, -0.25) is 9.11 Å². The number of rotatable bonds is 5. The Morgan fingerprint density at radius 3 is 1.92 bits per heavy atom. The molecule has 0 bridgehead atoms. The van der Waals surface area contributed by atoms with Crippen molar-refractivity contribution in [1.29, 1.82) is 0 Å². The number of nitrogens with two attached hydrogens (primary N) is 1. The maximum absolute atomic E-state index is 10.5. The summed E-state index contributed by atoms with van der Waals surface area (Å²) in [7, 11) is 0. The van der Waals surface area contributed by atoms with Crippen LogP contribution in [0.15, 0.2) is 0 Å². The van der Waals surface area contributed by atoms with Crippen LogP contribution in [0.1, 0.15) is 27.7 Å². The lowest BCUT2D eigenvalue weighted by Crippen LogP contribution is -2.46. The molecule has 2 atom stereocenters. The van der Waals surface area contributed by atoms with Crippen molar-refractivity contribution >= 4 is 11.1 Å². The summed E-state index contributed by atoms with van der Waals surface area (Å²) in [6, 6.07) is 0.629. The van der Waals surface area contributed by atoms with Crippen LogP contribution in [0.5, 0.6) is 0 Å². The molecule has 80 valence electrons. The topological polar surface area (TPSA) is 69.4 Å². The highest BCUT2D eigenvalue weighted by atomic mass is 32.2. The van der Waals surface area contributed by atoms with E-state index in [1.807, 2.05) is 27.7 Å². The zero-order chi connectivity index (χ0) is 10.6. The van der Waals surface area contributed by atoms with E-state index >= 15 is 0 Å². The van der Waals surface area contributed by atoms with Crippen molar-refractivity contribution in [3.8, 4) is 0 Å². The first-order valence-electron chi connectivity index (χ1n) is 4.45. The summed E-state index contributed by atoms with van der Waals surface area (Å²) < 4.78 is 21.1. The SMILES string of the molecule is CC(C)N(CC(N)S(=O)[O-])C(C)C. The molecule has 13 heavy (non-hydrogen) atoms. The van der Waals surface area contributed by atoms with E-state index in [0.717, 1.165) is 0 Å². The Labute approximate surface area is 82.8 Å². The van der Waals surface area contributed by atoms with Crippen LogP contribution in [-0.4, -0.2) is 37.7 Å². The second-order valence-electron chi connectivity index (χ2n) is 3.68. The standard InChI is InChI=1S/C8H20N2O2S/c1-6(2)10(7(3)4)5-8(9)13(11)12/h6-8H,5,9H2,1-4H3,(H,11,12)/p-1. The van der Waals surface area contributed by atoms with Crippen LogP contribution in [0.25, 0.3) is 0 Å². The van der Waals surface area contributed by atoms with Crippen molar-refractivity contribution in [2.75, 3.05) is 6.54 Å². The van der Waals surface area contributed by atoms with Crippen LogP contribution in [0.3, 0.4) is 0 Å². The molecule has 2 N–H and O–H groups in total. The average Bonchev–Trinajstić information content (AvgIpc) is 1.97. The Bertz CT molecular complexity index is 166. The zero-order valence-electron chi connectivity index (χ0n) is 8.69. The van der Waals surface area contributed by atoms with Crippen LogP contribution in [-0.2, 0) is 11.1 Å². The van der Waals surface area contributed by atoms with E-state index in [2.05, 4.69) is 4.90 Å². The summed E-state index contributed by atoms with van der Waals surface area (Å²) in [6.07, 6.45) is 0. The molecule has 0 spiro atoms. The van der Waals surface area contributed by atoms with Gasteiger partial charge in [0.15, 0.2) is 0 Å². The average molecular weight is 207 g/mol. The maximum atomic E-state index is 10.5. The van der Waals surface area contributed by atoms with Crippen molar-refractivity contribution in [2.24, 2.45) is 5.73 Å². The van der Waals surface area contributed by atoms with Crippen LogP contribution >= 0.6 is 0 Å². The zero-order valence-corrected chi connectivity index (χ0v) is 9.50. The highest BCUT2D eigenvalue weighted by Gasteiger charge is 2.16. The third kappa shape index (κ3) is 4.71. The van der Waals surface area contributed by atoms with E-state index in [4.69, 9.17) is 5.73 Å². The van der Waals surface area contributed by atoms with Crippen molar-refractivity contribution < 1.29 is 8.76 Å². The number of nitrogens with zero attached hydrogens (tertiary/aromatic N) is 1. The summed E-state index contributed by atoms with van der Waals surface area (Å²) >= 11 is -2.18. The first-order chi connectivity index (χ1) is 5.86. The molecule has 2 unspecified atom stereocenters. The Hall–Kier alpha value is 0.0300. The molecule has 0 rings (SSSR count). The van der Waals surface area contributed by atoms with E-state index in [-0.39, 0.29) is 0 Å². The molecule has 0 aliphatic heterocycles. The van der Waals surface area contributed by atoms with Crippen LogP contribution in [0.4, 0.5) is 0 Å². The molecular weight excluding hydrogens is 188 g/mol. The van der Waals surface area contributed by atoms with Gasteiger partial charge in [0.05, 0.1) is 5.37 Å². The van der Waals surface area contributed by atoms with Gasteiger partial charge in [-0.25, -0.2) is 0 Å². The molecule has 0 saturated carbocycles. The smallest absolute Gasteiger partial charge is 0.0805 e. The molecule has 0 fully saturated rings. The van der Waals surface area contributed by atoms with Crippen LogP contribution < -0.4 is 5.73 Å². The van der Waals surface area contributed by atoms with Crippen molar-refractivity contribution in [3.63, 3.8) is 0 Å². The minimum absolute atomic E-state index is 0.314. The van der Waals surface area contributed by atoms with Gasteiger partial charge < -0.3 is 10.3 Å². The second-order valence-corrected chi connectivity index (χ2v) is 4.81. The highest BCUT2D eigenvalue weighted by Crippen LogP contribution is 2.05. The molecule has 0 aliphatic carbocycles. The van der Waals surface area contributed by atoms with Gasteiger partial charge in [0.2, 0.25) is 0 Å². The predicted molar refractivity (Wildman–Crippen MR) is 53.9 cm³/mol. The van der Waals surface area contributed by atoms with Gasteiger partial charge >= 0.3 is 0 Å². The largest absolute Gasteiger partial charge is 0.771 e. The molecule has 0 aromatic carbocycles. The van der Waals surface area contributed by atoms with E-state index in [0.29, 0.717) is 18.6 Å². The number of hydrogen-bond acceptors (Lipinski definition) is 4. The van der Waals surface area contributed by atoms with Gasteiger partial charge in [0, 0.05) is 18.6 Å². The third-order valence-electron chi connectivity index (χ3n) is 1.96. The Kier molecular flexibility index (Phi) is 5.71. The maximum Gasteiger partial charge on any atom is 0.0805 e. The molecule has 0 aromatic heterocycles. The van der Waals surface area contributed by atoms with E-state index in [1.165, 1.54) is 0 Å². The Morgan fingerprint density at radius 2 is 1.69 bits per heavy atom. The molecule has 0 amide bonds. The molecular formula is C8H19N2O2S-. The van der Waals surface area contributed by atoms with Gasteiger partial charge in [-0.1, -0.05) is 0 Å². The minimum atomic E-state index is -2.18. The summed E-state index contributed by atoms with van der Waals surface area (Å²) in [5, 5.41) is -0.787. The fourth-order valence-electron chi connectivity index (χ4n) is 1.29. The summed E-state index contributed by atoms with van der Waals surface area (Å²) in [6.45, 7) is 8.51. The van der Waals surface area contributed by atoms with E-state index in [9.17, 15) is 8.76 Å². The molecule has 0 saturated heterocycles. The van der Waals surface area contributed by atoms with Gasteiger partial charge in [0.25, 0.3) is 0 Å². The monoisotopic (exact) mass is 207 g/mol. The summed E-state index contributed by atoms with van der Waals surface area (Å²) in [4.78, 5) is 2.06. The second kappa shape index (κ2) is 5.70. The van der Waals surface area contributed by atoms with Gasteiger partial charge in [-0.05, 0) is 38.8 Å². The molecule has 4 nitrogen and oxygen atoms in total. The van der Waals surface area contributed by atoms with Gasteiger partial charge in [0.1, 0.15) is 0 Å². The first kappa shape index (κ1) is 13.0. The third-order valence-corrected chi connectivity index (χ3v) is 2.61. The van der Waals surface area contributed by atoms with Crippen LogP contribution in [0, 0.1) is 0 Å². The molecule has 5 heteroatoms. The quantitative estimate of drug-likeness (QED) is 0.657.